The van der Waals surface area contributed by atoms with E-state index in [1.165, 1.54) is 0 Å². The highest BCUT2D eigenvalue weighted by molar-refractivity contribution is 7.14. The summed E-state index contributed by atoms with van der Waals surface area (Å²) in [6.45, 7) is 9.38. The molecule has 1 fully saturated rings. The molecule has 0 spiro atoms. The Hall–Kier alpha value is -0.980. The molecule has 5 nitrogen and oxygen atoms in total. The van der Waals surface area contributed by atoms with Crippen LogP contribution in [0.2, 0.25) is 0 Å². The second-order valence-electron chi connectivity index (χ2n) is 5.74. The van der Waals surface area contributed by atoms with E-state index in [-0.39, 0.29) is 5.91 Å². The summed E-state index contributed by atoms with van der Waals surface area (Å²) in [5.41, 5.74) is 7.21. The Morgan fingerprint density at radius 3 is 2.95 bits per heavy atom. The lowest BCUT2D eigenvalue weighted by molar-refractivity contribution is -0.116. The summed E-state index contributed by atoms with van der Waals surface area (Å²) in [5.74, 6) is 0.634. The van der Waals surface area contributed by atoms with E-state index in [2.05, 4.69) is 22.2 Å². The average molecular weight is 310 g/mol. The van der Waals surface area contributed by atoms with Crippen LogP contribution in [0.3, 0.4) is 0 Å². The molecule has 1 aromatic rings. The van der Waals surface area contributed by atoms with Gasteiger partial charge in [0.15, 0.2) is 5.13 Å². The number of hydrogen-bond acceptors (Lipinski definition) is 5. The molecule has 0 bridgehead atoms. The second kappa shape index (κ2) is 7.33. The summed E-state index contributed by atoms with van der Waals surface area (Å²) in [7, 11) is 0. The predicted octanol–water partition coefficient (Wildman–Crippen LogP) is 2.08. The zero-order valence-electron chi connectivity index (χ0n) is 13.2. The van der Waals surface area contributed by atoms with Crippen molar-refractivity contribution in [2.75, 3.05) is 24.5 Å². The Morgan fingerprint density at radius 1 is 1.57 bits per heavy atom. The molecule has 1 aliphatic heterocycles. The van der Waals surface area contributed by atoms with Crippen molar-refractivity contribution in [2.45, 2.75) is 46.2 Å². The van der Waals surface area contributed by atoms with Gasteiger partial charge in [0.25, 0.3) is 0 Å². The standard InChI is InChI=1S/C15H26N4OS/c1-4-12-8-18(7-6-14(12)16)9-13-10-21-15(17-13)19(5-2)11(3)20/h10,12,14H,4-9,16H2,1-3H3. The number of thiazole rings is 1. The summed E-state index contributed by atoms with van der Waals surface area (Å²) < 4.78 is 0. The molecule has 2 heterocycles. The maximum atomic E-state index is 11.6. The molecule has 2 N–H and O–H groups in total. The van der Waals surface area contributed by atoms with E-state index in [0.717, 1.165) is 43.3 Å². The lowest BCUT2D eigenvalue weighted by Gasteiger charge is -2.36. The van der Waals surface area contributed by atoms with E-state index in [0.29, 0.717) is 18.5 Å². The first kappa shape index (κ1) is 16.4. The van der Waals surface area contributed by atoms with Gasteiger partial charge in [-0.05, 0) is 19.3 Å². The summed E-state index contributed by atoms with van der Waals surface area (Å²) >= 11 is 1.55. The molecule has 1 saturated heterocycles. The van der Waals surface area contributed by atoms with E-state index < -0.39 is 0 Å². The van der Waals surface area contributed by atoms with Crippen molar-refractivity contribution < 1.29 is 4.79 Å². The molecule has 21 heavy (non-hydrogen) atoms. The van der Waals surface area contributed by atoms with E-state index in [9.17, 15) is 4.79 Å². The zero-order valence-corrected chi connectivity index (χ0v) is 14.0. The number of rotatable bonds is 5. The van der Waals surface area contributed by atoms with E-state index in [1.54, 1.807) is 23.2 Å². The minimum atomic E-state index is 0.0494. The zero-order chi connectivity index (χ0) is 15.4. The van der Waals surface area contributed by atoms with Crippen molar-refractivity contribution >= 4 is 22.4 Å². The molecule has 2 unspecified atom stereocenters. The Bertz CT molecular complexity index is 476. The van der Waals surface area contributed by atoms with Gasteiger partial charge in [0.05, 0.1) is 5.69 Å². The Balaban J connectivity index is 1.98. The molecular weight excluding hydrogens is 284 g/mol. The van der Waals surface area contributed by atoms with Crippen molar-refractivity contribution in [3.05, 3.63) is 11.1 Å². The fourth-order valence-electron chi connectivity index (χ4n) is 2.92. The van der Waals surface area contributed by atoms with E-state index in [1.807, 2.05) is 6.92 Å². The molecule has 0 saturated carbocycles. The van der Waals surface area contributed by atoms with Gasteiger partial charge in [0, 0.05) is 44.5 Å². The fourth-order valence-corrected chi connectivity index (χ4v) is 3.84. The van der Waals surface area contributed by atoms with Crippen LogP contribution in [-0.2, 0) is 11.3 Å². The minimum absolute atomic E-state index is 0.0494. The van der Waals surface area contributed by atoms with Crippen LogP contribution in [0, 0.1) is 5.92 Å². The predicted molar refractivity (Wildman–Crippen MR) is 87.5 cm³/mol. The van der Waals surface area contributed by atoms with Crippen LogP contribution in [0.5, 0.6) is 0 Å². The molecule has 0 aliphatic carbocycles. The molecule has 0 aromatic carbocycles. The smallest absolute Gasteiger partial charge is 0.225 e. The number of likely N-dealkylation sites (tertiary alicyclic amines) is 1. The van der Waals surface area contributed by atoms with E-state index in [4.69, 9.17) is 5.73 Å². The number of piperidine rings is 1. The van der Waals surface area contributed by atoms with Crippen molar-refractivity contribution in [1.82, 2.24) is 9.88 Å². The molecule has 0 radical (unpaired) electrons. The number of amides is 1. The van der Waals surface area contributed by atoms with Gasteiger partial charge < -0.3 is 5.73 Å². The maximum absolute atomic E-state index is 11.6. The molecule has 118 valence electrons. The van der Waals surface area contributed by atoms with Crippen LogP contribution in [0.1, 0.15) is 39.3 Å². The molecule has 1 amide bonds. The van der Waals surface area contributed by atoms with Crippen LogP contribution in [0.25, 0.3) is 0 Å². The third kappa shape index (κ3) is 4.02. The maximum Gasteiger partial charge on any atom is 0.225 e. The summed E-state index contributed by atoms with van der Waals surface area (Å²) in [5, 5.41) is 2.87. The van der Waals surface area contributed by atoms with Crippen molar-refractivity contribution in [3.63, 3.8) is 0 Å². The Morgan fingerprint density at radius 2 is 2.33 bits per heavy atom. The topological polar surface area (TPSA) is 62.5 Å². The van der Waals surface area contributed by atoms with Gasteiger partial charge in [0.2, 0.25) is 5.91 Å². The van der Waals surface area contributed by atoms with Gasteiger partial charge in [-0.25, -0.2) is 4.98 Å². The highest BCUT2D eigenvalue weighted by atomic mass is 32.1. The summed E-state index contributed by atoms with van der Waals surface area (Å²) in [6, 6.07) is 0.338. The second-order valence-corrected chi connectivity index (χ2v) is 6.58. The molecule has 2 atom stereocenters. The monoisotopic (exact) mass is 310 g/mol. The van der Waals surface area contributed by atoms with Crippen molar-refractivity contribution in [3.8, 4) is 0 Å². The first-order chi connectivity index (χ1) is 10.0. The van der Waals surface area contributed by atoms with Crippen LogP contribution >= 0.6 is 11.3 Å². The van der Waals surface area contributed by atoms with E-state index >= 15 is 0 Å². The third-order valence-corrected chi connectivity index (χ3v) is 5.17. The highest BCUT2D eigenvalue weighted by Gasteiger charge is 2.25. The van der Waals surface area contributed by atoms with Crippen molar-refractivity contribution in [1.29, 1.82) is 0 Å². The molecular formula is C15H26N4OS. The van der Waals surface area contributed by atoms with Gasteiger partial charge in [-0.2, -0.15) is 0 Å². The first-order valence-electron chi connectivity index (χ1n) is 7.75. The summed E-state index contributed by atoms with van der Waals surface area (Å²) in [4.78, 5) is 20.3. The number of nitrogens with two attached hydrogens (primary N) is 1. The first-order valence-corrected chi connectivity index (χ1v) is 8.63. The molecule has 6 heteroatoms. The number of carbonyl (C=O) groups excluding carboxylic acids is 1. The minimum Gasteiger partial charge on any atom is -0.327 e. The number of hydrogen-bond donors (Lipinski definition) is 1. The van der Waals surface area contributed by atoms with Gasteiger partial charge in [0.1, 0.15) is 0 Å². The van der Waals surface area contributed by atoms with Gasteiger partial charge in [-0.1, -0.05) is 13.3 Å². The lowest BCUT2D eigenvalue weighted by Crippen LogP contribution is -2.46. The van der Waals surface area contributed by atoms with Gasteiger partial charge in [-0.3, -0.25) is 14.6 Å². The number of nitrogens with zero attached hydrogens (tertiary/aromatic N) is 3. The normalized spacial score (nSPS) is 23.2. The largest absolute Gasteiger partial charge is 0.327 e. The fraction of sp³-hybridized carbons (Fsp3) is 0.733. The number of anilines is 1. The number of carbonyl (C=O) groups is 1. The average Bonchev–Trinajstić information content (AvgIpc) is 2.89. The van der Waals surface area contributed by atoms with Crippen LogP contribution in [-0.4, -0.2) is 41.5 Å². The van der Waals surface area contributed by atoms with Crippen LogP contribution < -0.4 is 10.6 Å². The van der Waals surface area contributed by atoms with Crippen molar-refractivity contribution in [2.24, 2.45) is 11.7 Å². The third-order valence-electron chi connectivity index (χ3n) is 4.25. The van der Waals surface area contributed by atoms with Crippen LogP contribution in [0.4, 0.5) is 5.13 Å². The van der Waals surface area contributed by atoms with Gasteiger partial charge >= 0.3 is 0 Å². The quantitative estimate of drug-likeness (QED) is 0.904. The van der Waals surface area contributed by atoms with Crippen LogP contribution in [0.15, 0.2) is 5.38 Å². The number of aromatic nitrogens is 1. The Labute approximate surface area is 131 Å². The van der Waals surface area contributed by atoms with Gasteiger partial charge in [-0.15, -0.1) is 11.3 Å². The molecule has 1 aliphatic rings. The summed E-state index contributed by atoms with van der Waals surface area (Å²) in [6.07, 6.45) is 2.19. The molecule has 1 aromatic heterocycles. The lowest BCUT2D eigenvalue weighted by atomic mass is 9.91. The SMILES string of the molecule is CCC1CN(Cc2csc(N(CC)C(C)=O)n2)CCC1N. The molecule has 2 rings (SSSR count). The highest BCUT2D eigenvalue weighted by Crippen LogP contribution is 2.24. The Kier molecular flexibility index (Phi) is 5.72.